The molecule has 0 saturated carbocycles. The predicted octanol–water partition coefficient (Wildman–Crippen LogP) is 1.93. The van der Waals surface area contributed by atoms with Crippen molar-refractivity contribution in [2.45, 2.75) is 13.0 Å². The summed E-state index contributed by atoms with van der Waals surface area (Å²) in [6, 6.07) is 8.45. The molecule has 0 radical (unpaired) electrons. The Morgan fingerprint density at radius 3 is 2.84 bits per heavy atom. The average Bonchev–Trinajstić information content (AvgIpc) is 2.61. The Labute approximate surface area is 147 Å². The molecule has 25 heavy (non-hydrogen) atoms. The number of rotatable bonds is 4. The Bertz CT molecular complexity index is 768. The quantitative estimate of drug-likeness (QED) is 0.792. The summed E-state index contributed by atoms with van der Waals surface area (Å²) in [7, 11) is 0. The zero-order chi connectivity index (χ0) is 17.2. The number of esters is 1. The van der Waals surface area contributed by atoms with Crippen molar-refractivity contribution in [2.24, 2.45) is 0 Å². The molecule has 6 nitrogen and oxygen atoms in total. The first-order valence-corrected chi connectivity index (χ1v) is 8.89. The van der Waals surface area contributed by atoms with Gasteiger partial charge in [0, 0.05) is 49.5 Å². The van der Waals surface area contributed by atoms with Crippen LogP contribution < -0.4 is 4.90 Å². The van der Waals surface area contributed by atoms with Crippen LogP contribution in [0.1, 0.15) is 17.3 Å². The summed E-state index contributed by atoms with van der Waals surface area (Å²) in [5.41, 5.74) is 2.54. The van der Waals surface area contributed by atoms with Gasteiger partial charge in [-0.3, -0.25) is 9.88 Å². The van der Waals surface area contributed by atoms with E-state index in [-0.39, 0.29) is 5.97 Å². The van der Waals surface area contributed by atoms with E-state index in [4.69, 9.17) is 9.47 Å². The molecule has 1 aromatic carbocycles. The van der Waals surface area contributed by atoms with Crippen LogP contribution in [0.2, 0.25) is 0 Å². The minimum absolute atomic E-state index is 0.290. The molecule has 0 amide bonds. The minimum Gasteiger partial charge on any atom is -0.462 e. The summed E-state index contributed by atoms with van der Waals surface area (Å²) in [5, 5.41) is 0.855. The molecule has 0 unspecified atom stereocenters. The van der Waals surface area contributed by atoms with Crippen molar-refractivity contribution in [3.05, 3.63) is 36.0 Å². The largest absolute Gasteiger partial charge is 0.462 e. The first kappa shape index (κ1) is 16.3. The molecule has 6 heteroatoms. The number of aromatic nitrogens is 1. The van der Waals surface area contributed by atoms with Crippen LogP contribution in [0, 0.1) is 0 Å². The van der Waals surface area contributed by atoms with Gasteiger partial charge in [0.2, 0.25) is 0 Å². The monoisotopic (exact) mass is 341 g/mol. The van der Waals surface area contributed by atoms with Crippen LogP contribution >= 0.6 is 0 Å². The lowest BCUT2D eigenvalue weighted by Crippen LogP contribution is -2.61. The molecule has 0 spiro atoms. The van der Waals surface area contributed by atoms with Crippen molar-refractivity contribution in [1.82, 2.24) is 9.88 Å². The van der Waals surface area contributed by atoms with E-state index in [1.807, 2.05) is 13.0 Å². The van der Waals surface area contributed by atoms with Gasteiger partial charge in [-0.15, -0.1) is 0 Å². The van der Waals surface area contributed by atoms with E-state index in [0.29, 0.717) is 18.2 Å². The maximum Gasteiger partial charge on any atom is 0.338 e. The van der Waals surface area contributed by atoms with Gasteiger partial charge < -0.3 is 14.4 Å². The minimum atomic E-state index is -0.290. The van der Waals surface area contributed by atoms with Gasteiger partial charge in [-0.05, 0) is 31.2 Å². The molecular formula is C19H23N3O3. The second kappa shape index (κ2) is 6.98. The van der Waals surface area contributed by atoms with E-state index in [0.717, 1.165) is 56.0 Å². The number of benzene rings is 1. The summed E-state index contributed by atoms with van der Waals surface area (Å²) in [4.78, 5) is 21.4. The summed E-state index contributed by atoms with van der Waals surface area (Å²) in [5.74, 6) is -0.290. The molecule has 3 heterocycles. The van der Waals surface area contributed by atoms with E-state index >= 15 is 0 Å². The molecule has 1 aromatic heterocycles. The lowest BCUT2D eigenvalue weighted by molar-refractivity contribution is 0.0105. The number of anilines is 1. The second-order valence-electron chi connectivity index (χ2n) is 6.49. The zero-order valence-electron chi connectivity index (χ0n) is 14.5. The summed E-state index contributed by atoms with van der Waals surface area (Å²) in [6.45, 7) is 7.93. The van der Waals surface area contributed by atoms with Gasteiger partial charge in [-0.2, -0.15) is 0 Å². The number of fused-ring (bicyclic) bond motifs is 1. The Morgan fingerprint density at radius 1 is 1.28 bits per heavy atom. The molecule has 0 bridgehead atoms. The van der Waals surface area contributed by atoms with Crippen LogP contribution in [-0.4, -0.2) is 67.9 Å². The van der Waals surface area contributed by atoms with Gasteiger partial charge in [0.1, 0.15) is 0 Å². The molecule has 2 aromatic rings. The Balaban J connectivity index is 1.53. The average molecular weight is 341 g/mol. The number of nitrogens with zero attached hydrogens (tertiary/aromatic N) is 3. The maximum absolute atomic E-state index is 12.2. The van der Waals surface area contributed by atoms with E-state index in [9.17, 15) is 4.79 Å². The molecule has 0 N–H and O–H groups in total. The fourth-order valence-electron chi connectivity index (χ4n) is 3.56. The van der Waals surface area contributed by atoms with Crippen molar-refractivity contribution in [3.63, 3.8) is 0 Å². The van der Waals surface area contributed by atoms with Crippen LogP contribution in [0.4, 0.5) is 5.69 Å². The molecule has 132 valence electrons. The van der Waals surface area contributed by atoms with E-state index in [2.05, 4.69) is 26.9 Å². The topological polar surface area (TPSA) is 54.9 Å². The highest BCUT2D eigenvalue weighted by atomic mass is 16.5. The normalized spacial score (nSPS) is 19.0. The van der Waals surface area contributed by atoms with Crippen LogP contribution in [-0.2, 0) is 9.47 Å². The van der Waals surface area contributed by atoms with Gasteiger partial charge in [0.05, 0.1) is 30.9 Å². The van der Waals surface area contributed by atoms with E-state index < -0.39 is 0 Å². The smallest absolute Gasteiger partial charge is 0.338 e. The van der Waals surface area contributed by atoms with Crippen molar-refractivity contribution in [2.75, 3.05) is 50.9 Å². The molecule has 4 rings (SSSR count). The van der Waals surface area contributed by atoms with E-state index in [1.165, 1.54) is 0 Å². The zero-order valence-corrected chi connectivity index (χ0v) is 14.5. The number of ether oxygens (including phenoxy) is 2. The molecule has 0 atom stereocenters. The highest BCUT2D eigenvalue weighted by Crippen LogP contribution is 2.28. The Morgan fingerprint density at radius 2 is 2.08 bits per heavy atom. The molecule has 0 aliphatic carbocycles. The maximum atomic E-state index is 12.2. The van der Waals surface area contributed by atoms with Crippen LogP contribution in [0.5, 0.6) is 0 Å². The number of morpholine rings is 1. The molecule has 2 aliphatic heterocycles. The number of pyridine rings is 1. The fraction of sp³-hybridized carbons (Fsp3) is 0.474. The first-order chi connectivity index (χ1) is 12.3. The van der Waals surface area contributed by atoms with Crippen molar-refractivity contribution in [1.29, 1.82) is 0 Å². The third kappa shape index (κ3) is 3.19. The first-order valence-electron chi connectivity index (χ1n) is 8.89. The molecular weight excluding hydrogens is 318 g/mol. The van der Waals surface area contributed by atoms with Crippen LogP contribution in [0.15, 0.2) is 30.5 Å². The number of hydrogen-bond donors (Lipinski definition) is 0. The van der Waals surface area contributed by atoms with Crippen molar-refractivity contribution >= 4 is 22.6 Å². The van der Waals surface area contributed by atoms with Gasteiger partial charge in [0.15, 0.2) is 0 Å². The fourth-order valence-corrected chi connectivity index (χ4v) is 3.56. The Kier molecular flexibility index (Phi) is 4.55. The highest BCUT2D eigenvalue weighted by molar-refractivity contribution is 6.04. The standard InChI is InChI=1S/C19H23N3O3/c1-2-25-19(23)16-5-6-20-18-4-3-14(11-17(16)18)22-12-15(13-22)21-7-9-24-10-8-21/h3-6,11,15H,2,7-10,12-13H2,1H3. The second-order valence-corrected chi connectivity index (χ2v) is 6.49. The van der Waals surface area contributed by atoms with Gasteiger partial charge in [-0.25, -0.2) is 4.79 Å². The Hall–Kier alpha value is -2.18. The lowest BCUT2D eigenvalue weighted by atomic mass is 10.0. The van der Waals surface area contributed by atoms with Crippen LogP contribution in [0.3, 0.4) is 0 Å². The third-order valence-electron chi connectivity index (χ3n) is 5.01. The number of carbonyl (C=O) groups is 1. The third-order valence-corrected chi connectivity index (χ3v) is 5.01. The van der Waals surface area contributed by atoms with E-state index in [1.54, 1.807) is 12.3 Å². The van der Waals surface area contributed by atoms with Crippen molar-refractivity contribution < 1.29 is 14.3 Å². The molecule has 2 saturated heterocycles. The molecule has 2 aliphatic rings. The predicted molar refractivity (Wildman–Crippen MR) is 96.1 cm³/mol. The van der Waals surface area contributed by atoms with Gasteiger partial charge >= 0.3 is 5.97 Å². The number of carbonyl (C=O) groups excluding carboxylic acids is 1. The highest BCUT2D eigenvalue weighted by Gasteiger charge is 2.32. The van der Waals surface area contributed by atoms with Crippen LogP contribution in [0.25, 0.3) is 10.9 Å². The van der Waals surface area contributed by atoms with Crippen molar-refractivity contribution in [3.8, 4) is 0 Å². The molecule has 2 fully saturated rings. The lowest BCUT2D eigenvalue weighted by Gasteiger charge is -2.47. The summed E-state index contributed by atoms with van der Waals surface area (Å²) >= 11 is 0. The van der Waals surface area contributed by atoms with Gasteiger partial charge in [0.25, 0.3) is 0 Å². The van der Waals surface area contributed by atoms with Gasteiger partial charge in [-0.1, -0.05) is 0 Å². The number of hydrogen-bond acceptors (Lipinski definition) is 6. The summed E-state index contributed by atoms with van der Waals surface area (Å²) in [6.07, 6.45) is 1.66. The summed E-state index contributed by atoms with van der Waals surface area (Å²) < 4.78 is 10.6. The SMILES string of the molecule is CCOC(=O)c1ccnc2ccc(N3CC(N4CCOCC4)C3)cc12.